The molecule has 2 heterocycles. The lowest BCUT2D eigenvalue weighted by Crippen LogP contribution is -2.37. The number of amides is 1. The van der Waals surface area contributed by atoms with Gasteiger partial charge < -0.3 is 14.2 Å². The summed E-state index contributed by atoms with van der Waals surface area (Å²) >= 11 is 4.85. The standard InChI is InChI=1S/C25H25BrN4O5S/c1-5-19(31)30-17-11-9-8-10-15(17)21-23(27-25(36-4)29-28-21)35-24(30)16-12-14(26)13-18(33-7-3)22(16)34-20(32)6-2/h8-13,24H,5-7H2,1-4H3/t24-/m0/s1. The number of ether oxygens (including phenoxy) is 3. The van der Waals surface area contributed by atoms with Crippen molar-refractivity contribution in [2.45, 2.75) is 45.0 Å². The fraction of sp³-hybridized carbons (Fsp3) is 0.320. The number of fused-ring (bicyclic) bond motifs is 3. The average Bonchev–Trinajstić information content (AvgIpc) is 3.03. The van der Waals surface area contributed by atoms with Gasteiger partial charge in [0.15, 0.2) is 17.2 Å². The van der Waals surface area contributed by atoms with Crippen LogP contribution in [0, 0.1) is 0 Å². The molecule has 0 saturated heterocycles. The molecule has 1 aliphatic rings. The molecule has 4 rings (SSSR count). The van der Waals surface area contributed by atoms with Crippen molar-refractivity contribution in [1.29, 1.82) is 0 Å². The van der Waals surface area contributed by atoms with Gasteiger partial charge in [0, 0.05) is 22.9 Å². The monoisotopic (exact) mass is 572 g/mol. The number of halogens is 1. The fourth-order valence-electron chi connectivity index (χ4n) is 3.77. The Balaban J connectivity index is 2.03. The van der Waals surface area contributed by atoms with Gasteiger partial charge in [0.05, 0.1) is 17.9 Å². The Bertz CT molecular complexity index is 1310. The van der Waals surface area contributed by atoms with Crippen molar-refractivity contribution in [3.63, 3.8) is 0 Å². The lowest BCUT2D eigenvalue weighted by molar-refractivity contribution is -0.134. The minimum atomic E-state index is -1.04. The van der Waals surface area contributed by atoms with E-state index in [-0.39, 0.29) is 30.4 Å². The van der Waals surface area contributed by atoms with Crippen molar-refractivity contribution in [3.05, 3.63) is 46.4 Å². The Kier molecular flexibility index (Phi) is 8.10. The first-order chi connectivity index (χ1) is 17.4. The van der Waals surface area contributed by atoms with Crippen LogP contribution in [0.5, 0.6) is 17.4 Å². The van der Waals surface area contributed by atoms with Crippen molar-refractivity contribution in [3.8, 4) is 28.6 Å². The summed E-state index contributed by atoms with van der Waals surface area (Å²) in [5.41, 5.74) is 2.05. The number of rotatable bonds is 7. The molecule has 1 aliphatic heterocycles. The quantitative estimate of drug-likeness (QED) is 0.204. The van der Waals surface area contributed by atoms with E-state index in [2.05, 4.69) is 31.1 Å². The highest BCUT2D eigenvalue weighted by Crippen LogP contribution is 2.47. The number of aromatic nitrogens is 3. The van der Waals surface area contributed by atoms with E-state index in [9.17, 15) is 9.59 Å². The van der Waals surface area contributed by atoms with Gasteiger partial charge in [-0.25, -0.2) is 0 Å². The Hall–Kier alpha value is -3.18. The molecule has 0 bridgehead atoms. The number of para-hydroxylation sites is 1. The highest BCUT2D eigenvalue weighted by atomic mass is 79.9. The second-order valence-electron chi connectivity index (χ2n) is 7.64. The Morgan fingerprint density at radius 1 is 1.14 bits per heavy atom. The average molecular weight is 573 g/mol. The summed E-state index contributed by atoms with van der Waals surface area (Å²) in [4.78, 5) is 32.0. The maximum absolute atomic E-state index is 13.5. The van der Waals surface area contributed by atoms with Crippen molar-refractivity contribution in [1.82, 2.24) is 15.2 Å². The van der Waals surface area contributed by atoms with Crippen LogP contribution in [0.3, 0.4) is 0 Å². The van der Waals surface area contributed by atoms with Crippen molar-refractivity contribution < 1.29 is 23.8 Å². The van der Waals surface area contributed by atoms with Crippen molar-refractivity contribution >= 4 is 45.3 Å². The van der Waals surface area contributed by atoms with Gasteiger partial charge in [-0.1, -0.05) is 59.7 Å². The minimum absolute atomic E-state index is 0.157. The molecule has 0 fully saturated rings. The summed E-state index contributed by atoms with van der Waals surface area (Å²) in [6, 6.07) is 10.8. The van der Waals surface area contributed by atoms with Gasteiger partial charge in [0.25, 0.3) is 0 Å². The molecule has 36 heavy (non-hydrogen) atoms. The molecule has 2 aromatic carbocycles. The molecule has 0 saturated carbocycles. The van der Waals surface area contributed by atoms with E-state index in [1.165, 1.54) is 16.7 Å². The first-order valence-corrected chi connectivity index (χ1v) is 13.5. The van der Waals surface area contributed by atoms with E-state index in [1.54, 1.807) is 26.0 Å². The number of thioether (sulfide) groups is 1. The molecule has 0 radical (unpaired) electrons. The zero-order valence-corrected chi connectivity index (χ0v) is 22.7. The van der Waals surface area contributed by atoms with E-state index >= 15 is 0 Å². The van der Waals surface area contributed by atoms with Gasteiger partial charge >= 0.3 is 5.97 Å². The minimum Gasteiger partial charge on any atom is -0.490 e. The summed E-state index contributed by atoms with van der Waals surface area (Å²) in [5.74, 6) is 0.0854. The van der Waals surface area contributed by atoms with Gasteiger partial charge in [-0.05, 0) is 31.4 Å². The third-order valence-electron chi connectivity index (χ3n) is 5.38. The highest BCUT2D eigenvalue weighted by Gasteiger charge is 2.38. The van der Waals surface area contributed by atoms with Crippen LogP contribution in [-0.4, -0.2) is 39.9 Å². The first-order valence-electron chi connectivity index (χ1n) is 11.4. The molecule has 1 atom stereocenters. The third-order valence-corrected chi connectivity index (χ3v) is 6.38. The zero-order chi connectivity index (χ0) is 25.8. The van der Waals surface area contributed by atoms with Gasteiger partial charge in [-0.15, -0.1) is 10.2 Å². The molecule has 0 N–H and O–H groups in total. The van der Waals surface area contributed by atoms with Crippen LogP contribution < -0.4 is 19.1 Å². The number of anilines is 1. The van der Waals surface area contributed by atoms with Gasteiger partial charge in [-0.3, -0.25) is 14.5 Å². The lowest BCUT2D eigenvalue weighted by Gasteiger charge is -2.32. The molecule has 1 aromatic heterocycles. The number of hydrogen-bond donors (Lipinski definition) is 0. The summed E-state index contributed by atoms with van der Waals surface area (Å²) in [6.45, 7) is 5.65. The van der Waals surface area contributed by atoms with Gasteiger partial charge in [0.1, 0.15) is 0 Å². The zero-order valence-electron chi connectivity index (χ0n) is 20.3. The number of carbonyl (C=O) groups excluding carboxylic acids is 2. The first kappa shape index (κ1) is 25.9. The molecular weight excluding hydrogens is 548 g/mol. The molecule has 1 amide bonds. The van der Waals surface area contributed by atoms with Crippen LogP contribution in [0.4, 0.5) is 5.69 Å². The molecule has 0 spiro atoms. The summed E-state index contributed by atoms with van der Waals surface area (Å²) in [7, 11) is 0. The van der Waals surface area contributed by atoms with E-state index in [0.717, 1.165) is 0 Å². The molecule has 3 aromatic rings. The maximum atomic E-state index is 13.5. The number of nitrogens with zero attached hydrogens (tertiary/aromatic N) is 4. The van der Waals surface area contributed by atoms with E-state index < -0.39 is 12.2 Å². The third kappa shape index (κ3) is 5.03. The summed E-state index contributed by atoms with van der Waals surface area (Å²) in [5, 5.41) is 8.97. The number of carbonyl (C=O) groups is 2. The smallest absolute Gasteiger partial charge is 0.311 e. The predicted octanol–water partition coefficient (Wildman–Crippen LogP) is 5.57. The normalized spacial score (nSPS) is 14.2. The van der Waals surface area contributed by atoms with Crippen LogP contribution in [0.15, 0.2) is 46.0 Å². The van der Waals surface area contributed by atoms with Crippen LogP contribution in [-0.2, 0) is 9.59 Å². The maximum Gasteiger partial charge on any atom is 0.311 e. The van der Waals surface area contributed by atoms with Crippen LogP contribution >= 0.6 is 27.7 Å². The van der Waals surface area contributed by atoms with Crippen LogP contribution in [0.2, 0.25) is 0 Å². The molecule has 9 nitrogen and oxygen atoms in total. The number of benzene rings is 2. The molecule has 0 unspecified atom stereocenters. The molecular formula is C25H25BrN4O5S. The van der Waals surface area contributed by atoms with E-state index in [0.29, 0.717) is 44.5 Å². The Labute approximate surface area is 221 Å². The van der Waals surface area contributed by atoms with Gasteiger partial charge in [0.2, 0.25) is 23.2 Å². The van der Waals surface area contributed by atoms with Crippen LogP contribution in [0.25, 0.3) is 11.3 Å². The summed E-state index contributed by atoms with van der Waals surface area (Å²) in [6.07, 6.45) is 1.16. The highest BCUT2D eigenvalue weighted by molar-refractivity contribution is 9.10. The molecule has 0 aliphatic carbocycles. The largest absolute Gasteiger partial charge is 0.490 e. The topological polar surface area (TPSA) is 104 Å². The Morgan fingerprint density at radius 2 is 1.92 bits per heavy atom. The predicted molar refractivity (Wildman–Crippen MR) is 139 cm³/mol. The fourth-order valence-corrected chi connectivity index (χ4v) is 4.52. The van der Waals surface area contributed by atoms with E-state index in [4.69, 9.17) is 14.2 Å². The Morgan fingerprint density at radius 3 is 2.61 bits per heavy atom. The second-order valence-corrected chi connectivity index (χ2v) is 9.33. The van der Waals surface area contributed by atoms with Gasteiger partial charge in [-0.2, -0.15) is 4.98 Å². The second kappa shape index (κ2) is 11.3. The number of hydrogen-bond acceptors (Lipinski definition) is 9. The van der Waals surface area contributed by atoms with Crippen LogP contribution in [0.1, 0.15) is 45.4 Å². The van der Waals surface area contributed by atoms with Crippen molar-refractivity contribution in [2.75, 3.05) is 17.8 Å². The molecule has 188 valence electrons. The van der Waals surface area contributed by atoms with E-state index in [1.807, 2.05) is 37.4 Å². The van der Waals surface area contributed by atoms with Crippen molar-refractivity contribution in [2.24, 2.45) is 0 Å². The molecule has 11 heteroatoms. The SMILES string of the molecule is CCOc1cc(Br)cc([C@@H]2Oc3nc(SC)nnc3-c3ccccc3N2C(=O)CC)c1OC(=O)CC. The summed E-state index contributed by atoms with van der Waals surface area (Å²) < 4.78 is 18.7. The lowest BCUT2D eigenvalue weighted by atomic mass is 10.1. The number of esters is 1.